The number of hydrogen-bond donors (Lipinski definition) is 1. The molecule has 0 aliphatic rings. The van der Waals surface area contributed by atoms with Gasteiger partial charge in [-0.2, -0.15) is 0 Å². The molecule has 0 unspecified atom stereocenters. The molecule has 0 saturated heterocycles. The first kappa shape index (κ1) is 17.8. The number of nitrogens with one attached hydrogen (secondary N) is 1. The van der Waals surface area contributed by atoms with Gasteiger partial charge in [0.2, 0.25) is 21.7 Å². The van der Waals surface area contributed by atoms with E-state index in [2.05, 4.69) is 20.7 Å². The van der Waals surface area contributed by atoms with E-state index in [1.807, 2.05) is 0 Å². The third kappa shape index (κ3) is 3.48. The molecule has 10 nitrogen and oxygen atoms in total. The monoisotopic (exact) mass is 377 g/mol. The van der Waals surface area contributed by atoms with Gasteiger partial charge in [0, 0.05) is 25.7 Å². The van der Waals surface area contributed by atoms with Gasteiger partial charge in [-0.25, -0.2) is 12.7 Å². The van der Waals surface area contributed by atoms with Crippen molar-refractivity contribution in [2.24, 2.45) is 0 Å². The maximum Gasteiger partial charge on any atom is 0.322 e. The summed E-state index contributed by atoms with van der Waals surface area (Å²) in [7, 11) is -0.621. The van der Waals surface area contributed by atoms with Gasteiger partial charge in [0.25, 0.3) is 5.91 Å². The van der Waals surface area contributed by atoms with E-state index in [1.165, 1.54) is 44.4 Å². The van der Waals surface area contributed by atoms with Crippen LogP contribution in [-0.4, -0.2) is 48.1 Å². The average molecular weight is 377 g/mol. The molecule has 2 heterocycles. The van der Waals surface area contributed by atoms with Gasteiger partial charge >= 0.3 is 6.01 Å². The number of aromatic nitrogens is 3. The molecule has 1 N–H and O–H groups in total. The Balaban J connectivity index is 1.76. The highest BCUT2D eigenvalue weighted by molar-refractivity contribution is 7.89. The number of rotatable bonds is 5. The second-order valence-electron chi connectivity index (χ2n) is 5.51. The quantitative estimate of drug-likeness (QED) is 0.708. The third-order valence-electron chi connectivity index (χ3n) is 3.38. The zero-order chi connectivity index (χ0) is 18.9. The zero-order valence-electron chi connectivity index (χ0n) is 14.1. The van der Waals surface area contributed by atoms with Gasteiger partial charge in [-0.05, 0) is 31.2 Å². The molecule has 3 aromatic rings. The molecule has 0 aliphatic carbocycles. The number of amides is 1. The topological polar surface area (TPSA) is 131 Å². The summed E-state index contributed by atoms with van der Waals surface area (Å²) in [6.07, 6.45) is 0. The van der Waals surface area contributed by atoms with E-state index in [4.69, 9.17) is 8.94 Å². The molecular formula is C15H15N5O5S. The molecular weight excluding hydrogens is 362 g/mol. The molecule has 0 saturated carbocycles. The predicted molar refractivity (Wildman–Crippen MR) is 89.8 cm³/mol. The predicted octanol–water partition coefficient (Wildman–Crippen LogP) is 1.54. The van der Waals surface area contributed by atoms with Crippen molar-refractivity contribution in [3.63, 3.8) is 0 Å². The Labute approximate surface area is 148 Å². The third-order valence-corrected chi connectivity index (χ3v) is 5.21. The molecule has 0 radical (unpaired) electrons. The summed E-state index contributed by atoms with van der Waals surface area (Å²) in [5.41, 5.74) is 1.07. The van der Waals surface area contributed by atoms with Gasteiger partial charge in [-0.15, -0.1) is 5.10 Å². The molecule has 3 rings (SSSR count). The highest BCUT2D eigenvalue weighted by Crippen LogP contribution is 2.23. The molecule has 11 heteroatoms. The average Bonchev–Trinajstić information content (AvgIpc) is 3.24. The fraction of sp³-hybridized carbons (Fsp3) is 0.200. The van der Waals surface area contributed by atoms with Crippen LogP contribution in [0.1, 0.15) is 16.2 Å². The van der Waals surface area contributed by atoms with E-state index in [-0.39, 0.29) is 22.6 Å². The van der Waals surface area contributed by atoms with Crippen molar-refractivity contribution in [1.82, 2.24) is 19.7 Å². The van der Waals surface area contributed by atoms with Crippen LogP contribution in [0.2, 0.25) is 0 Å². The molecule has 0 bridgehead atoms. The summed E-state index contributed by atoms with van der Waals surface area (Å²) in [5.74, 6) is -0.434. The van der Waals surface area contributed by atoms with Crippen LogP contribution in [0, 0.1) is 6.92 Å². The highest BCUT2D eigenvalue weighted by Gasteiger charge is 2.19. The van der Waals surface area contributed by atoms with Crippen LogP contribution in [0.25, 0.3) is 11.5 Å². The Morgan fingerprint density at radius 1 is 1.15 bits per heavy atom. The molecule has 0 aliphatic heterocycles. The number of hydrogen-bond acceptors (Lipinski definition) is 8. The molecule has 136 valence electrons. The maximum absolute atomic E-state index is 12.1. The molecule has 1 aromatic carbocycles. The van der Waals surface area contributed by atoms with E-state index in [0.29, 0.717) is 11.3 Å². The first-order chi connectivity index (χ1) is 12.3. The van der Waals surface area contributed by atoms with Crippen LogP contribution in [0.3, 0.4) is 0 Å². The Bertz CT molecular complexity index is 1040. The summed E-state index contributed by atoms with van der Waals surface area (Å²) >= 11 is 0. The smallest absolute Gasteiger partial charge is 0.322 e. The second kappa shape index (κ2) is 6.69. The molecule has 2 aromatic heterocycles. The van der Waals surface area contributed by atoms with Crippen molar-refractivity contribution in [2.45, 2.75) is 11.8 Å². The van der Waals surface area contributed by atoms with Crippen LogP contribution < -0.4 is 5.32 Å². The number of carbonyl (C=O) groups is 1. The SMILES string of the molecule is Cc1cc(C(=O)Nc2nnc(-c3ccc(S(=O)(=O)N(C)C)cc3)o2)on1. The number of carbonyl (C=O) groups excluding carboxylic acids is 1. The second-order valence-corrected chi connectivity index (χ2v) is 7.66. The minimum absolute atomic E-state index is 0.0143. The number of anilines is 1. The minimum atomic E-state index is -3.52. The van der Waals surface area contributed by atoms with E-state index in [0.717, 1.165) is 4.31 Å². The van der Waals surface area contributed by atoms with Gasteiger partial charge in [0.15, 0.2) is 0 Å². The fourth-order valence-corrected chi connectivity index (χ4v) is 2.90. The number of aryl methyl sites for hydroxylation is 1. The molecule has 26 heavy (non-hydrogen) atoms. The van der Waals surface area contributed by atoms with Crippen LogP contribution in [0.5, 0.6) is 0 Å². The van der Waals surface area contributed by atoms with E-state index >= 15 is 0 Å². The van der Waals surface area contributed by atoms with Crippen LogP contribution in [-0.2, 0) is 10.0 Å². The lowest BCUT2D eigenvalue weighted by Gasteiger charge is -2.11. The Hall–Kier alpha value is -3.05. The summed E-state index contributed by atoms with van der Waals surface area (Å²) in [5, 5.41) is 13.6. The van der Waals surface area contributed by atoms with Crippen molar-refractivity contribution in [3.8, 4) is 11.5 Å². The first-order valence-corrected chi connectivity index (χ1v) is 8.82. The van der Waals surface area contributed by atoms with Crippen molar-refractivity contribution in [1.29, 1.82) is 0 Å². The maximum atomic E-state index is 12.1. The lowest BCUT2D eigenvalue weighted by Crippen LogP contribution is -2.22. The van der Waals surface area contributed by atoms with E-state index < -0.39 is 15.9 Å². The van der Waals surface area contributed by atoms with Crippen molar-refractivity contribution in [2.75, 3.05) is 19.4 Å². The van der Waals surface area contributed by atoms with Gasteiger partial charge < -0.3 is 8.94 Å². The molecule has 0 spiro atoms. The fourth-order valence-electron chi connectivity index (χ4n) is 2.00. The zero-order valence-corrected chi connectivity index (χ0v) is 14.9. The van der Waals surface area contributed by atoms with Gasteiger partial charge in [0.05, 0.1) is 10.6 Å². The lowest BCUT2D eigenvalue weighted by molar-refractivity contribution is 0.0985. The Morgan fingerprint density at radius 3 is 2.42 bits per heavy atom. The van der Waals surface area contributed by atoms with Crippen LogP contribution in [0.15, 0.2) is 44.2 Å². The summed E-state index contributed by atoms with van der Waals surface area (Å²) in [6.45, 7) is 1.69. The van der Waals surface area contributed by atoms with Crippen molar-refractivity contribution in [3.05, 3.63) is 41.8 Å². The number of benzene rings is 1. The first-order valence-electron chi connectivity index (χ1n) is 7.38. The van der Waals surface area contributed by atoms with Crippen molar-refractivity contribution >= 4 is 21.9 Å². The largest absolute Gasteiger partial charge is 0.403 e. The number of nitrogens with zero attached hydrogens (tertiary/aromatic N) is 4. The van der Waals surface area contributed by atoms with E-state index in [9.17, 15) is 13.2 Å². The molecule has 0 atom stereocenters. The van der Waals surface area contributed by atoms with Gasteiger partial charge in [-0.3, -0.25) is 10.1 Å². The summed E-state index contributed by atoms with van der Waals surface area (Å²) in [4.78, 5) is 12.1. The molecule has 0 fully saturated rings. The minimum Gasteiger partial charge on any atom is -0.403 e. The number of sulfonamides is 1. The van der Waals surface area contributed by atoms with Gasteiger partial charge in [0.1, 0.15) is 0 Å². The van der Waals surface area contributed by atoms with Crippen LogP contribution >= 0.6 is 0 Å². The highest BCUT2D eigenvalue weighted by atomic mass is 32.2. The Morgan fingerprint density at radius 2 is 1.85 bits per heavy atom. The standard InChI is InChI=1S/C15H15N5O5S/c1-9-8-12(25-19-9)13(21)16-15-18-17-14(24-15)10-4-6-11(7-5-10)26(22,23)20(2)3/h4-8H,1-3H3,(H,16,18,21). The normalized spacial score (nSPS) is 11.7. The van der Waals surface area contributed by atoms with Crippen molar-refractivity contribution < 1.29 is 22.2 Å². The molecule has 1 amide bonds. The van der Waals surface area contributed by atoms with Crippen LogP contribution in [0.4, 0.5) is 6.01 Å². The van der Waals surface area contributed by atoms with E-state index in [1.54, 1.807) is 6.92 Å². The lowest BCUT2D eigenvalue weighted by atomic mass is 10.2. The van der Waals surface area contributed by atoms with Gasteiger partial charge in [-0.1, -0.05) is 10.3 Å². The Kier molecular flexibility index (Phi) is 4.57. The summed E-state index contributed by atoms with van der Waals surface area (Å²) < 4.78 is 35.4. The summed E-state index contributed by atoms with van der Waals surface area (Å²) in [6, 6.07) is 7.29.